The summed E-state index contributed by atoms with van der Waals surface area (Å²) in [7, 11) is 0. The second kappa shape index (κ2) is 9.11. The molecule has 0 spiro atoms. The number of benzene rings is 7. The number of rotatable bonds is 2. The van der Waals surface area contributed by atoms with Gasteiger partial charge in [-0.25, -0.2) is 0 Å². The third-order valence-corrected chi connectivity index (χ3v) is 11.5. The van der Waals surface area contributed by atoms with Crippen LogP contribution in [0, 0.1) is 6.92 Å². The molecule has 1 heteroatoms. The van der Waals surface area contributed by atoms with Crippen molar-refractivity contribution in [1.82, 2.24) is 0 Å². The van der Waals surface area contributed by atoms with Gasteiger partial charge in [0.1, 0.15) is 0 Å². The Balaban J connectivity index is 1.28. The minimum atomic E-state index is -0.308. The maximum absolute atomic E-state index is 2.54. The average Bonchev–Trinajstić information content (AvgIpc) is 3.51. The molecular formula is C46H35N. The third kappa shape index (κ3) is 3.34. The molecule has 1 atom stereocenters. The molecule has 0 fully saturated rings. The summed E-state index contributed by atoms with van der Waals surface area (Å²) >= 11 is 0. The van der Waals surface area contributed by atoms with E-state index in [2.05, 4.69) is 172 Å². The highest BCUT2D eigenvalue weighted by Crippen LogP contribution is 2.64. The van der Waals surface area contributed by atoms with Gasteiger partial charge in [-0.3, -0.25) is 0 Å². The third-order valence-electron chi connectivity index (χ3n) is 11.5. The largest absolute Gasteiger partial charge is 0.310 e. The van der Waals surface area contributed by atoms with E-state index in [1.807, 2.05) is 0 Å². The number of hydrogen-bond donors (Lipinski definition) is 0. The first-order valence-corrected chi connectivity index (χ1v) is 16.8. The molecule has 1 nitrogen and oxygen atoms in total. The molecule has 0 bridgehead atoms. The van der Waals surface area contributed by atoms with Gasteiger partial charge in [-0.05, 0) is 116 Å². The van der Waals surface area contributed by atoms with Crippen molar-refractivity contribution < 1.29 is 0 Å². The molecule has 2 aliphatic carbocycles. The summed E-state index contributed by atoms with van der Waals surface area (Å²) < 4.78 is 0. The van der Waals surface area contributed by atoms with Crippen LogP contribution in [0.5, 0.6) is 0 Å². The van der Waals surface area contributed by atoms with Crippen LogP contribution in [0.1, 0.15) is 54.2 Å². The van der Waals surface area contributed by atoms with Gasteiger partial charge in [0, 0.05) is 16.5 Å². The van der Waals surface area contributed by atoms with Gasteiger partial charge in [-0.2, -0.15) is 0 Å². The highest BCUT2D eigenvalue weighted by atomic mass is 15.2. The normalized spacial score (nSPS) is 17.6. The van der Waals surface area contributed by atoms with Crippen molar-refractivity contribution >= 4 is 27.8 Å². The van der Waals surface area contributed by atoms with Gasteiger partial charge >= 0.3 is 0 Å². The van der Waals surface area contributed by atoms with Crippen LogP contribution < -0.4 is 4.90 Å². The molecular weight excluding hydrogens is 567 g/mol. The average molecular weight is 602 g/mol. The second-order valence-corrected chi connectivity index (χ2v) is 14.3. The first-order valence-electron chi connectivity index (χ1n) is 16.8. The first kappa shape index (κ1) is 26.8. The highest BCUT2D eigenvalue weighted by molar-refractivity contribution is 6.11. The highest BCUT2D eigenvalue weighted by Gasteiger charge is 2.49. The van der Waals surface area contributed by atoms with Crippen LogP contribution >= 0.6 is 0 Å². The van der Waals surface area contributed by atoms with Crippen LogP contribution in [0.25, 0.3) is 44.2 Å². The molecule has 7 aromatic rings. The number of anilines is 3. The van der Waals surface area contributed by atoms with E-state index >= 15 is 0 Å². The van der Waals surface area contributed by atoms with Gasteiger partial charge in [0.25, 0.3) is 0 Å². The Bertz CT molecular complexity index is 2470. The van der Waals surface area contributed by atoms with Crippen molar-refractivity contribution in [2.24, 2.45) is 0 Å². The second-order valence-electron chi connectivity index (χ2n) is 14.3. The lowest BCUT2D eigenvalue weighted by atomic mass is 9.69. The van der Waals surface area contributed by atoms with Crippen molar-refractivity contribution in [3.05, 3.63) is 173 Å². The van der Waals surface area contributed by atoms with Gasteiger partial charge < -0.3 is 4.90 Å². The van der Waals surface area contributed by atoms with E-state index in [0.29, 0.717) is 0 Å². The van der Waals surface area contributed by atoms with E-state index in [9.17, 15) is 0 Å². The van der Waals surface area contributed by atoms with Crippen LogP contribution in [-0.4, -0.2) is 0 Å². The number of fused-ring (bicyclic) bond motifs is 10. The monoisotopic (exact) mass is 601 g/mol. The fourth-order valence-electron chi connectivity index (χ4n) is 9.29. The van der Waals surface area contributed by atoms with Crippen molar-refractivity contribution in [1.29, 1.82) is 0 Å². The van der Waals surface area contributed by atoms with E-state index in [1.54, 1.807) is 0 Å². The number of nitrogens with zero attached hydrogens (tertiary/aromatic N) is 1. The number of hydrogen-bond acceptors (Lipinski definition) is 1. The van der Waals surface area contributed by atoms with Crippen molar-refractivity contribution in [3.8, 4) is 33.4 Å². The lowest BCUT2D eigenvalue weighted by Gasteiger charge is -2.42. The standard InChI is InChI=1S/C46H35N/c1-28-21-24-41-39(25-28)46(4)40-27-35(29-13-6-5-7-14-29)31-15-8-9-17-33(31)43(40)34-18-12-20-42(44(34)46)47(41)30-22-23-38-36(26-30)32-16-10-11-19-37(32)45(38,2)3/h5-27H,1-4H3. The van der Waals surface area contributed by atoms with Crippen molar-refractivity contribution in [2.75, 3.05) is 4.90 Å². The van der Waals surface area contributed by atoms with Gasteiger partial charge in [-0.1, -0.05) is 129 Å². The summed E-state index contributed by atoms with van der Waals surface area (Å²) in [5.74, 6) is 0. The van der Waals surface area contributed by atoms with Crippen LogP contribution in [0.3, 0.4) is 0 Å². The zero-order chi connectivity index (χ0) is 31.7. The predicted molar refractivity (Wildman–Crippen MR) is 197 cm³/mol. The van der Waals surface area contributed by atoms with Crippen molar-refractivity contribution in [3.63, 3.8) is 0 Å². The molecule has 0 N–H and O–H groups in total. The summed E-state index contributed by atoms with van der Waals surface area (Å²) in [6.45, 7) is 9.42. The Morgan fingerprint density at radius 1 is 0.468 bits per heavy atom. The van der Waals surface area contributed by atoms with E-state index in [1.165, 1.54) is 94.6 Å². The fourth-order valence-corrected chi connectivity index (χ4v) is 9.29. The fraction of sp³-hybridized carbons (Fsp3) is 0.130. The minimum absolute atomic E-state index is 0.0207. The zero-order valence-corrected chi connectivity index (χ0v) is 27.2. The Hall–Kier alpha value is -5.40. The first-order chi connectivity index (χ1) is 22.9. The molecule has 0 aromatic heterocycles. The molecule has 1 aliphatic heterocycles. The van der Waals surface area contributed by atoms with Crippen LogP contribution in [0.2, 0.25) is 0 Å². The Morgan fingerprint density at radius 3 is 2.04 bits per heavy atom. The molecule has 3 aliphatic rings. The van der Waals surface area contributed by atoms with E-state index in [0.717, 1.165) is 0 Å². The SMILES string of the molecule is Cc1ccc2c(c1)C1(C)c3cc(-c4ccccc4)c4ccccc4c3-c3cccc(c31)N2c1ccc2c(c1)-c1ccccc1C2(C)C. The lowest BCUT2D eigenvalue weighted by Crippen LogP contribution is -2.32. The molecule has 0 radical (unpaired) electrons. The maximum atomic E-state index is 2.54. The summed E-state index contributed by atoms with van der Waals surface area (Å²) in [5, 5.41) is 2.63. The molecule has 1 heterocycles. The smallest absolute Gasteiger partial charge is 0.0512 e. The molecule has 0 saturated heterocycles. The lowest BCUT2D eigenvalue weighted by molar-refractivity contribution is 0.660. The quantitative estimate of drug-likeness (QED) is 0.191. The minimum Gasteiger partial charge on any atom is -0.310 e. The van der Waals surface area contributed by atoms with Gasteiger partial charge in [-0.15, -0.1) is 0 Å². The number of aryl methyl sites for hydroxylation is 1. The van der Waals surface area contributed by atoms with Crippen LogP contribution in [0.15, 0.2) is 140 Å². The molecule has 0 saturated carbocycles. The van der Waals surface area contributed by atoms with Gasteiger partial charge in [0.2, 0.25) is 0 Å². The Labute approximate surface area is 276 Å². The van der Waals surface area contributed by atoms with Crippen LogP contribution in [-0.2, 0) is 10.8 Å². The maximum Gasteiger partial charge on any atom is 0.0512 e. The zero-order valence-electron chi connectivity index (χ0n) is 27.2. The molecule has 47 heavy (non-hydrogen) atoms. The van der Waals surface area contributed by atoms with Gasteiger partial charge in [0.15, 0.2) is 0 Å². The predicted octanol–water partition coefficient (Wildman–Crippen LogP) is 12.2. The summed E-state index contributed by atoms with van der Waals surface area (Å²) in [6, 6.07) is 52.6. The molecule has 1 unspecified atom stereocenters. The van der Waals surface area contributed by atoms with E-state index in [-0.39, 0.29) is 10.8 Å². The molecule has 224 valence electrons. The van der Waals surface area contributed by atoms with Crippen molar-refractivity contribution in [2.45, 2.75) is 38.5 Å². The topological polar surface area (TPSA) is 3.24 Å². The van der Waals surface area contributed by atoms with E-state index in [4.69, 9.17) is 0 Å². The summed E-state index contributed by atoms with van der Waals surface area (Å²) in [5.41, 5.74) is 19.7. The van der Waals surface area contributed by atoms with Gasteiger partial charge in [0.05, 0.1) is 11.4 Å². The Kier molecular flexibility index (Phi) is 5.19. The summed E-state index contributed by atoms with van der Waals surface area (Å²) in [4.78, 5) is 2.54. The Morgan fingerprint density at radius 2 is 1.19 bits per heavy atom. The molecule has 10 rings (SSSR count). The molecule has 0 amide bonds. The van der Waals surface area contributed by atoms with Crippen LogP contribution in [0.4, 0.5) is 17.1 Å². The van der Waals surface area contributed by atoms with E-state index < -0.39 is 0 Å². The molecule has 7 aromatic carbocycles. The summed E-state index contributed by atoms with van der Waals surface area (Å²) in [6.07, 6.45) is 0.